The molecule has 2 aromatic rings. The van der Waals surface area contributed by atoms with E-state index in [0.717, 1.165) is 17.3 Å². The SMILES string of the molecule is CC(C)=CCn1c(SCC(=O)O)nc2cc(Br)c(F)cc21. The van der Waals surface area contributed by atoms with Crippen LogP contribution in [0.5, 0.6) is 0 Å². The first-order valence-corrected chi connectivity index (χ1v) is 7.99. The van der Waals surface area contributed by atoms with Crippen LogP contribution in [-0.2, 0) is 11.3 Å². The molecule has 21 heavy (non-hydrogen) atoms. The zero-order valence-electron chi connectivity index (χ0n) is 11.6. The average Bonchev–Trinajstić information content (AvgIpc) is 2.71. The summed E-state index contributed by atoms with van der Waals surface area (Å²) < 4.78 is 15.9. The summed E-state index contributed by atoms with van der Waals surface area (Å²) in [6, 6.07) is 3.02. The van der Waals surface area contributed by atoms with Crippen LogP contribution in [-0.4, -0.2) is 26.4 Å². The number of hydrogen-bond donors (Lipinski definition) is 1. The van der Waals surface area contributed by atoms with Crippen LogP contribution in [0, 0.1) is 5.82 Å². The molecular weight excluding hydrogens is 359 g/mol. The van der Waals surface area contributed by atoms with Crippen molar-refractivity contribution in [2.75, 3.05) is 5.75 Å². The van der Waals surface area contributed by atoms with Crippen LogP contribution >= 0.6 is 27.7 Å². The molecule has 0 amide bonds. The van der Waals surface area contributed by atoms with E-state index < -0.39 is 5.97 Å². The summed E-state index contributed by atoms with van der Waals surface area (Å²) in [6.45, 7) is 4.47. The molecule has 0 radical (unpaired) electrons. The summed E-state index contributed by atoms with van der Waals surface area (Å²) in [5.41, 5.74) is 2.42. The Morgan fingerprint density at radius 2 is 2.24 bits per heavy atom. The van der Waals surface area contributed by atoms with Crippen LogP contribution in [0.25, 0.3) is 11.0 Å². The van der Waals surface area contributed by atoms with Crippen LogP contribution in [0.1, 0.15) is 13.8 Å². The van der Waals surface area contributed by atoms with Crippen molar-refractivity contribution in [3.05, 3.63) is 34.1 Å². The summed E-state index contributed by atoms with van der Waals surface area (Å²) in [4.78, 5) is 15.1. The number of aromatic nitrogens is 2. The maximum Gasteiger partial charge on any atom is 0.313 e. The lowest BCUT2D eigenvalue weighted by Gasteiger charge is -2.06. The molecule has 1 aromatic heterocycles. The van der Waals surface area contributed by atoms with E-state index in [2.05, 4.69) is 20.9 Å². The van der Waals surface area contributed by atoms with Crippen molar-refractivity contribution in [3.8, 4) is 0 Å². The van der Waals surface area contributed by atoms with E-state index in [-0.39, 0.29) is 11.6 Å². The Hall–Kier alpha value is -1.34. The van der Waals surface area contributed by atoms with Crippen molar-refractivity contribution < 1.29 is 14.3 Å². The van der Waals surface area contributed by atoms with Gasteiger partial charge in [-0.05, 0) is 35.8 Å². The van der Waals surface area contributed by atoms with E-state index in [1.165, 1.54) is 6.07 Å². The lowest BCUT2D eigenvalue weighted by molar-refractivity contribution is -0.133. The number of thioether (sulfide) groups is 1. The van der Waals surface area contributed by atoms with Gasteiger partial charge in [-0.1, -0.05) is 23.4 Å². The van der Waals surface area contributed by atoms with Gasteiger partial charge in [-0.15, -0.1) is 0 Å². The van der Waals surface area contributed by atoms with E-state index in [0.29, 0.717) is 27.2 Å². The second-order valence-corrected chi connectivity index (χ2v) is 6.52. The molecule has 1 N–H and O–H groups in total. The molecule has 0 unspecified atom stereocenters. The molecule has 0 spiro atoms. The molecule has 0 aliphatic rings. The second kappa shape index (κ2) is 6.62. The van der Waals surface area contributed by atoms with Gasteiger partial charge in [0.25, 0.3) is 0 Å². The summed E-state index contributed by atoms with van der Waals surface area (Å²) in [7, 11) is 0. The van der Waals surface area contributed by atoms with Gasteiger partial charge in [-0.2, -0.15) is 0 Å². The third-order valence-electron chi connectivity index (χ3n) is 2.76. The average molecular weight is 373 g/mol. The standard InChI is InChI=1S/C14H14BrFN2O2S/c1-8(2)3-4-18-12-6-10(16)9(15)5-11(12)17-14(18)21-7-13(19)20/h3,5-6H,4,7H2,1-2H3,(H,19,20). The van der Waals surface area contributed by atoms with Gasteiger partial charge in [0.05, 0.1) is 21.3 Å². The van der Waals surface area contributed by atoms with Crippen LogP contribution in [0.4, 0.5) is 4.39 Å². The first-order chi connectivity index (χ1) is 9.88. The number of carboxylic acids is 1. The fraction of sp³-hybridized carbons (Fsp3) is 0.286. The fourth-order valence-corrected chi connectivity index (χ4v) is 2.86. The number of carbonyl (C=O) groups is 1. The quantitative estimate of drug-likeness (QED) is 0.634. The molecule has 112 valence electrons. The number of nitrogens with zero attached hydrogens (tertiary/aromatic N) is 2. The Balaban J connectivity index is 2.51. The highest BCUT2D eigenvalue weighted by Gasteiger charge is 2.14. The summed E-state index contributed by atoms with van der Waals surface area (Å²) in [5, 5.41) is 9.38. The zero-order chi connectivity index (χ0) is 15.6. The summed E-state index contributed by atoms with van der Waals surface area (Å²) in [5.74, 6) is -1.36. The van der Waals surface area contributed by atoms with Gasteiger partial charge in [0.1, 0.15) is 5.82 Å². The van der Waals surface area contributed by atoms with E-state index in [4.69, 9.17) is 5.11 Å². The van der Waals surface area contributed by atoms with Gasteiger partial charge in [-0.3, -0.25) is 4.79 Å². The van der Waals surface area contributed by atoms with Crippen LogP contribution < -0.4 is 0 Å². The Morgan fingerprint density at radius 3 is 2.86 bits per heavy atom. The van der Waals surface area contributed by atoms with Crippen LogP contribution in [0.2, 0.25) is 0 Å². The Morgan fingerprint density at radius 1 is 1.52 bits per heavy atom. The monoisotopic (exact) mass is 372 g/mol. The van der Waals surface area contributed by atoms with Gasteiger partial charge >= 0.3 is 5.97 Å². The number of halogens is 2. The summed E-state index contributed by atoms with van der Waals surface area (Å²) >= 11 is 4.27. The third kappa shape index (κ3) is 3.85. The van der Waals surface area contributed by atoms with E-state index in [9.17, 15) is 9.18 Å². The third-order valence-corrected chi connectivity index (χ3v) is 4.33. The first kappa shape index (κ1) is 16.0. The number of carboxylic acid groups (broad SMARTS) is 1. The Kier molecular flexibility index (Phi) is 5.05. The summed E-state index contributed by atoms with van der Waals surface area (Å²) in [6.07, 6.45) is 1.99. The zero-order valence-corrected chi connectivity index (χ0v) is 14.0. The molecule has 0 atom stereocenters. The molecule has 0 fully saturated rings. The van der Waals surface area contributed by atoms with Gasteiger partial charge < -0.3 is 9.67 Å². The van der Waals surface area contributed by atoms with Crippen molar-refractivity contribution >= 4 is 44.7 Å². The Labute approximate surface area is 134 Å². The minimum atomic E-state index is -0.909. The number of benzene rings is 1. The van der Waals surface area contributed by atoms with Crippen molar-refractivity contribution in [2.45, 2.75) is 25.5 Å². The van der Waals surface area contributed by atoms with E-state index >= 15 is 0 Å². The maximum absolute atomic E-state index is 13.7. The largest absolute Gasteiger partial charge is 0.481 e. The van der Waals surface area contributed by atoms with E-state index in [1.807, 2.05) is 24.5 Å². The van der Waals surface area contributed by atoms with Crippen LogP contribution in [0.3, 0.4) is 0 Å². The van der Waals surface area contributed by atoms with Crippen molar-refractivity contribution in [3.63, 3.8) is 0 Å². The first-order valence-electron chi connectivity index (χ1n) is 6.21. The number of hydrogen-bond acceptors (Lipinski definition) is 3. The lowest BCUT2D eigenvalue weighted by Crippen LogP contribution is -2.02. The predicted octanol–water partition coefficient (Wildman–Crippen LogP) is 4.08. The molecule has 0 aliphatic carbocycles. The van der Waals surface area contributed by atoms with Crippen molar-refractivity contribution in [1.29, 1.82) is 0 Å². The molecular formula is C14H14BrFN2O2S. The van der Waals surface area contributed by atoms with Crippen LogP contribution in [0.15, 0.2) is 33.4 Å². The number of aliphatic carboxylic acids is 1. The van der Waals surface area contributed by atoms with Crippen molar-refractivity contribution in [1.82, 2.24) is 9.55 Å². The molecule has 1 heterocycles. The fourth-order valence-electron chi connectivity index (χ4n) is 1.78. The van der Waals surface area contributed by atoms with Crippen molar-refractivity contribution in [2.24, 2.45) is 0 Å². The lowest BCUT2D eigenvalue weighted by atomic mass is 10.3. The molecule has 0 saturated carbocycles. The number of rotatable bonds is 5. The highest BCUT2D eigenvalue weighted by atomic mass is 79.9. The maximum atomic E-state index is 13.7. The normalized spacial score (nSPS) is 10.9. The molecule has 0 bridgehead atoms. The molecule has 4 nitrogen and oxygen atoms in total. The number of imidazole rings is 1. The van der Waals surface area contributed by atoms with Gasteiger partial charge in [0, 0.05) is 12.6 Å². The molecule has 0 saturated heterocycles. The number of allylic oxidation sites excluding steroid dienone is 2. The highest BCUT2D eigenvalue weighted by Crippen LogP contribution is 2.28. The topological polar surface area (TPSA) is 55.1 Å². The molecule has 1 aromatic carbocycles. The predicted molar refractivity (Wildman–Crippen MR) is 85.2 cm³/mol. The minimum Gasteiger partial charge on any atom is -0.481 e. The molecule has 0 aliphatic heterocycles. The molecule has 2 rings (SSSR count). The molecule has 7 heteroatoms. The minimum absolute atomic E-state index is 0.0816. The van der Waals surface area contributed by atoms with E-state index in [1.54, 1.807) is 6.07 Å². The Bertz CT molecular complexity index is 723. The number of fused-ring (bicyclic) bond motifs is 1. The van der Waals surface area contributed by atoms with Gasteiger partial charge in [0.2, 0.25) is 0 Å². The van der Waals surface area contributed by atoms with Gasteiger partial charge in [-0.25, -0.2) is 9.37 Å². The highest BCUT2D eigenvalue weighted by molar-refractivity contribution is 9.10. The van der Waals surface area contributed by atoms with Gasteiger partial charge in [0.15, 0.2) is 5.16 Å². The second-order valence-electron chi connectivity index (χ2n) is 4.72. The smallest absolute Gasteiger partial charge is 0.313 e.